The highest BCUT2D eigenvalue weighted by Crippen LogP contribution is 2.23. The highest BCUT2D eigenvalue weighted by atomic mass is 32.2. The summed E-state index contributed by atoms with van der Waals surface area (Å²) in [5.74, 6) is -0.523. The van der Waals surface area contributed by atoms with E-state index in [0.29, 0.717) is 0 Å². The molecule has 15 heavy (non-hydrogen) atoms. The van der Waals surface area contributed by atoms with Crippen molar-refractivity contribution in [3.05, 3.63) is 36.4 Å². The van der Waals surface area contributed by atoms with Gasteiger partial charge in [-0.15, -0.1) is 0 Å². The number of primary sulfonamides is 1. The van der Waals surface area contributed by atoms with Crippen molar-refractivity contribution in [2.24, 2.45) is 5.14 Å². The zero-order valence-corrected chi connectivity index (χ0v) is 8.33. The maximum absolute atomic E-state index is 13.3. The zero-order chi connectivity index (χ0) is 11.1. The van der Waals surface area contributed by atoms with E-state index < -0.39 is 15.8 Å². The fourth-order valence-corrected chi connectivity index (χ4v) is 2.12. The van der Waals surface area contributed by atoms with Gasteiger partial charge in [-0.25, -0.2) is 17.9 Å². The van der Waals surface area contributed by atoms with Gasteiger partial charge in [0.05, 0.1) is 4.90 Å². The van der Waals surface area contributed by atoms with Crippen LogP contribution in [-0.2, 0) is 10.0 Å². The second-order valence-electron chi connectivity index (χ2n) is 3.01. The number of hydrogen-bond acceptors (Lipinski definition) is 3. The lowest BCUT2D eigenvalue weighted by molar-refractivity contribution is 0.598. The lowest BCUT2D eigenvalue weighted by Crippen LogP contribution is -2.12. The summed E-state index contributed by atoms with van der Waals surface area (Å²) in [6.07, 6.45) is 2.65. The van der Waals surface area contributed by atoms with Gasteiger partial charge in [0.2, 0.25) is 10.0 Å². The summed E-state index contributed by atoms with van der Waals surface area (Å²) in [5.41, 5.74) is 0. The lowest BCUT2D eigenvalue weighted by Gasteiger charge is -2.04. The second kappa shape index (κ2) is 3.25. The summed E-state index contributed by atoms with van der Waals surface area (Å²) < 4.78 is 35.7. The normalized spacial score (nSPS) is 11.9. The molecule has 0 atom stereocenters. The first kappa shape index (κ1) is 10.0. The van der Waals surface area contributed by atoms with Crippen LogP contribution in [0.5, 0.6) is 0 Å². The van der Waals surface area contributed by atoms with Gasteiger partial charge < -0.3 is 0 Å². The first-order valence-corrected chi connectivity index (χ1v) is 5.60. The van der Waals surface area contributed by atoms with Crippen molar-refractivity contribution in [3.63, 3.8) is 0 Å². The lowest BCUT2D eigenvalue weighted by atomic mass is 10.2. The summed E-state index contributed by atoms with van der Waals surface area (Å²) in [6, 6.07) is 3.62. The van der Waals surface area contributed by atoms with Crippen molar-refractivity contribution in [2.75, 3.05) is 0 Å². The minimum atomic E-state index is -3.84. The average Bonchev–Trinajstić information content (AvgIpc) is 2.17. The van der Waals surface area contributed by atoms with Crippen LogP contribution in [0, 0.1) is 5.82 Å². The quantitative estimate of drug-likeness (QED) is 0.789. The molecule has 78 valence electrons. The minimum absolute atomic E-state index is 0.0960. The first-order chi connectivity index (χ1) is 7.00. The van der Waals surface area contributed by atoms with Gasteiger partial charge in [-0.05, 0) is 18.2 Å². The minimum Gasteiger partial charge on any atom is -0.264 e. The number of pyridine rings is 1. The Hall–Kier alpha value is -1.53. The Bertz CT molecular complexity index is 625. The Labute approximate surface area is 85.6 Å². The molecule has 6 heteroatoms. The van der Waals surface area contributed by atoms with Crippen LogP contribution in [0.25, 0.3) is 10.8 Å². The summed E-state index contributed by atoms with van der Waals surface area (Å²) >= 11 is 0. The molecule has 0 radical (unpaired) electrons. The second-order valence-corrected chi connectivity index (χ2v) is 4.54. The van der Waals surface area contributed by atoms with Gasteiger partial charge >= 0.3 is 0 Å². The molecule has 0 spiro atoms. The molecule has 2 aromatic rings. The Morgan fingerprint density at radius 1 is 1.20 bits per heavy atom. The molecule has 2 rings (SSSR count). The molecular formula is C9H7FN2O2S. The SMILES string of the molecule is NS(=O)(=O)c1ccc(F)c2cnccc12. The highest BCUT2D eigenvalue weighted by Gasteiger charge is 2.14. The van der Waals surface area contributed by atoms with E-state index in [4.69, 9.17) is 5.14 Å². The standard InChI is InChI=1S/C9H7FN2O2S/c10-8-1-2-9(15(11,13)14)6-3-4-12-5-7(6)8/h1-5H,(H2,11,13,14). The highest BCUT2D eigenvalue weighted by molar-refractivity contribution is 7.89. The zero-order valence-electron chi connectivity index (χ0n) is 7.51. The van der Waals surface area contributed by atoms with Gasteiger partial charge in [0.15, 0.2) is 0 Å². The summed E-state index contributed by atoms with van der Waals surface area (Å²) in [7, 11) is -3.84. The Morgan fingerprint density at radius 2 is 1.93 bits per heavy atom. The first-order valence-electron chi connectivity index (χ1n) is 4.05. The number of nitrogens with zero attached hydrogens (tertiary/aromatic N) is 1. The van der Waals surface area contributed by atoms with Crippen molar-refractivity contribution in [1.29, 1.82) is 0 Å². The van der Waals surface area contributed by atoms with Crippen LogP contribution in [0.1, 0.15) is 0 Å². The van der Waals surface area contributed by atoms with Gasteiger partial charge in [-0.3, -0.25) is 4.98 Å². The van der Waals surface area contributed by atoms with Crippen molar-refractivity contribution >= 4 is 20.8 Å². The van der Waals surface area contributed by atoms with E-state index in [1.807, 2.05) is 0 Å². The van der Waals surface area contributed by atoms with E-state index in [9.17, 15) is 12.8 Å². The molecule has 0 aliphatic rings. The maximum atomic E-state index is 13.3. The molecule has 0 aliphatic heterocycles. The molecule has 1 aromatic carbocycles. The predicted molar refractivity (Wildman–Crippen MR) is 53.1 cm³/mol. The van der Waals surface area contributed by atoms with Gasteiger partial charge in [0.25, 0.3) is 0 Å². The summed E-state index contributed by atoms with van der Waals surface area (Å²) in [4.78, 5) is 3.63. The van der Waals surface area contributed by atoms with Crippen LogP contribution in [0.15, 0.2) is 35.5 Å². The van der Waals surface area contributed by atoms with E-state index in [1.54, 1.807) is 0 Å². The molecule has 2 N–H and O–H groups in total. The Balaban J connectivity index is 2.96. The predicted octanol–water partition coefficient (Wildman–Crippen LogP) is 1.02. The number of fused-ring (bicyclic) bond motifs is 1. The van der Waals surface area contributed by atoms with E-state index in [1.165, 1.54) is 18.5 Å². The van der Waals surface area contributed by atoms with Gasteiger partial charge in [0, 0.05) is 23.2 Å². The number of aromatic nitrogens is 1. The van der Waals surface area contributed by atoms with Crippen molar-refractivity contribution in [1.82, 2.24) is 4.98 Å². The van der Waals surface area contributed by atoms with E-state index >= 15 is 0 Å². The van der Waals surface area contributed by atoms with Gasteiger partial charge in [-0.1, -0.05) is 0 Å². The van der Waals surface area contributed by atoms with Crippen molar-refractivity contribution < 1.29 is 12.8 Å². The topological polar surface area (TPSA) is 73.1 Å². The number of hydrogen-bond donors (Lipinski definition) is 1. The molecule has 0 saturated carbocycles. The summed E-state index contributed by atoms with van der Waals surface area (Å²) in [5, 5.41) is 5.39. The molecule has 0 saturated heterocycles. The number of benzene rings is 1. The Kier molecular flexibility index (Phi) is 2.17. The smallest absolute Gasteiger partial charge is 0.238 e. The number of sulfonamides is 1. The molecule has 0 amide bonds. The number of halogens is 1. The van der Waals surface area contributed by atoms with Gasteiger partial charge in [-0.2, -0.15) is 0 Å². The molecular weight excluding hydrogens is 219 g/mol. The maximum Gasteiger partial charge on any atom is 0.238 e. The van der Waals surface area contributed by atoms with Crippen LogP contribution < -0.4 is 5.14 Å². The molecule has 1 aromatic heterocycles. The third-order valence-electron chi connectivity index (χ3n) is 2.03. The largest absolute Gasteiger partial charge is 0.264 e. The van der Waals surface area contributed by atoms with E-state index in [0.717, 1.165) is 12.1 Å². The fourth-order valence-electron chi connectivity index (χ4n) is 1.38. The van der Waals surface area contributed by atoms with Crippen LogP contribution in [-0.4, -0.2) is 13.4 Å². The van der Waals surface area contributed by atoms with E-state index in [2.05, 4.69) is 4.98 Å². The number of nitrogens with two attached hydrogens (primary N) is 1. The van der Waals surface area contributed by atoms with Crippen LogP contribution >= 0.6 is 0 Å². The molecule has 4 nitrogen and oxygen atoms in total. The van der Waals surface area contributed by atoms with Crippen molar-refractivity contribution in [3.8, 4) is 0 Å². The number of rotatable bonds is 1. The van der Waals surface area contributed by atoms with Crippen LogP contribution in [0.2, 0.25) is 0 Å². The summed E-state index contributed by atoms with van der Waals surface area (Å²) in [6.45, 7) is 0. The van der Waals surface area contributed by atoms with Crippen LogP contribution in [0.4, 0.5) is 4.39 Å². The molecule has 0 bridgehead atoms. The third kappa shape index (κ3) is 1.69. The van der Waals surface area contributed by atoms with Crippen LogP contribution in [0.3, 0.4) is 0 Å². The third-order valence-corrected chi connectivity index (χ3v) is 3.00. The fraction of sp³-hybridized carbons (Fsp3) is 0. The van der Waals surface area contributed by atoms with E-state index in [-0.39, 0.29) is 15.7 Å². The van der Waals surface area contributed by atoms with Gasteiger partial charge in [0.1, 0.15) is 5.82 Å². The molecule has 1 heterocycles. The monoisotopic (exact) mass is 226 g/mol. The molecule has 0 aliphatic carbocycles. The Morgan fingerprint density at radius 3 is 2.60 bits per heavy atom. The average molecular weight is 226 g/mol. The molecule has 0 unspecified atom stereocenters. The molecule has 0 fully saturated rings. The van der Waals surface area contributed by atoms with Crippen molar-refractivity contribution in [2.45, 2.75) is 4.90 Å².